The fourth-order valence-corrected chi connectivity index (χ4v) is 3.80. The lowest BCUT2D eigenvalue weighted by Crippen LogP contribution is -2.40. The van der Waals surface area contributed by atoms with Gasteiger partial charge in [0.25, 0.3) is 11.6 Å². The van der Waals surface area contributed by atoms with Crippen LogP contribution in [0, 0.1) is 16.0 Å². The van der Waals surface area contributed by atoms with E-state index >= 15 is 0 Å². The number of anilines is 1. The molecule has 0 saturated carbocycles. The third-order valence-electron chi connectivity index (χ3n) is 5.62. The Labute approximate surface area is 174 Å². The number of amides is 1. The van der Waals surface area contributed by atoms with Crippen LogP contribution in [0.1, 0.15) is 30.1 Å². The maximum atomic E-state index is 12.6. The summed E-state index contributed by atoms with van der Waals surface area (Å²) < 4.78 is 11.5. The molecule has 1 fully saturated rings. The maximum absolute atomic E-state index is 12.6. The molecule has 0 aromatic heterocycles. The van der Waals surface area contributed by atoms with E-state index in [2.05, 4.69) is 12.2 Å². The summed E-state index contributed by atoms with van der Waals surface area (Å²) in [4.78, 5) is 25.8. The van der Waals surface area contributed by atoms with Crippen LogP contribution in [-0.2, 0) is 0 Å². The number of nitrogens with zero attached hydrogens (tertiary/aromatic N) is 2. The van der Waals surface area contributed by atoms with Crippen LogP contribution >= 0.6 is 0 Å². The smallest absolute Gasteiger partial charge is 0.293 e. The summed E-state index contributed by atoms with van der Waals surface area (Å²) in [6.45, 7) is 4.33. The molecule has 2 heterocycles. The number of rotatable bonds is 5. The van der Waals surface area contributed by atoms with E-state index in [1.807, 2.05) is 29.2 Å². The number of hydrogen-bond donors (Lipinski definition) is 1. The number of fused-ring (bicyclic) bond motifs is 1. The number of nitro benzene ring substituents is 1. The Balaban J connectivity index is 1.41. The predicted molar refractivity (Wildman–Crippen MR) is 112 cm³/mol. The fraction of sp³-hybridized carbons (Fsp3) is 0.409. The molecule has 0 unspecified atom stereocenters. The van der Waals surface area contributed by atoms with Crippen LogP contribution in [0.2, 0.25) is 0 Å². The number of carbonyl (C=O) groups is 1. The highest BCUT2D eigenvalue weighted by Gasteiger charge is 2.26. The van der Waals surface area contributed by atoms with Crippen LogP contribution in [0.4, 0.5) is 11.4 Å². The van der Waals surface area contributed by atoms with E-state index in [9.17, 15) is 14.9 Å². The number of hydrogen-bond acceptors (Lipinski definition) is 6. The van der Waals surface area contributed by atoms with Crippen molar-refractivity contribution in [3.63, 3.8) is 0 Å². The van der Waals surface area contributed by atoms with Gasteiger partial charge in [-0.15, -0.1) is 0 Å². The van der Waals surface area contributed by atoms with Crippen LogP contribution in [0.5, 0.6) is 11.5 Å². The zero-order valence-electron chi connectivity index (χ0n) is 16.9. The number of ether oxygens (including phenoxy) is 2. The highest BCUT2D eigenvalue weighted by Crippen LogP contribution is 2.33. The third kappa shape index (κ3) is 4.32. The second kappa shape index (κ2) is 8.61. The van der Waals surface area contributed by atoms with Gasteiger partial charge in [-0.25, -0.2) is 0 Å². The lowest BCUT2D eigenvalue weighted by Gasteiger charge is -2.31. The first-order valence-corrected chi connectivity index (χ1v) is 10.2. The van der Waals surface area contributed by atoms with Crippen LogP contribution in [0.15, 0.2) is 42.5 Å². The van der Waals surface area contributed by atoms with Gasteiger partial charge in [-0.05, 0) is 43.0 Å². The van der Waals surface area contributed by atoms with Gasteiger partial charge in [0.15, 0.2) is 11.5 Å². The van der Waals surface area contributed by atoms with E-state index in [1.54, 1.807) is 12.1 Å². The van der Waals surface area contributed by atoms with Crippen molar-refractivity contribution in [3.8, 4) is 11.5 Å². The van der Waals surface area contributed by atoms with Crippen LogP contribution in [0.25, 0.3) is 0 Å². The van der Waals surface area contributed by atoms with Crippen molar-refractivity contribution >= 4 is 17.3 Å². The van der Waals surface area contributed by atoms with E-state index in [1.165, 1.54) is 6.07 Å². The standard InChI is InChI=1S/C22H25N3O5/c1-15-8-10-24(11-9-15)18-7-6-16(12-19(18)25(27)28)22(26)23-13-17-14-29-20-4-2-3-5-21(20)30-17/h2-7,12,15,17H,8-11,13-14H2,1H3,(H,23,26)/t17-/m1/s1. The number of carbonyl (C=O) groups excluding carboxylic acids is 1. The molecule has 0 bridgehead atoms. The van der Waals surface area contributed by atoms with Gasteiger partial charge in [-0.3, -0.25) is 14.9 Å². The van der Waals surface area contributed by atoms with Crippen LogP contribution < -0.4 is 19.7 Å². The Morgan fingerprint density at radius 1 is 1.20 bits per heavy atom. The van der Waals surface area contributed by atoms with E-state index in [-0.39, 0.29) is 29.8 Å². The molecule has 8 nitrogen and oxygen atoms in total. The largest absolute Gasteiger partial charge is 0.486 e. The number of nitro groups is 1. The van der Waals surface area contributed by atoms with Gasteiger partial charge in [0.1, 0.15) is 18.4 Å². The molecule has 0 aliphatic carbocycles. The molecule has 2 aliphatic heterocycles. The van der Waals surface area contributed by atoms with Crippen molar-refractivity contribution in [2.75, 3.05) is 31.1 Å². The first-order chi connectivity index (χ1) is 14.5. The Kier molecular flexibility index (Phi) is 5.74. The molecule has 0 radical (unpaired) electrons. The summed E-state index contributed by atoms with van der Waals surface area (Å²) in [6, 6.07) is 12.0. The third-order valence-corrected chi connectivity index (χ3v) is 5.62. The lowest BCUT2D eigenvalue weighted by molar-refractivity contribution is -0.384. The van der Waals surface area contributed by atoms with Gasteiger partial charge in [-0.1, -0.05) is 19.1 Å². The summed E-state index contributed by atoms with van der Waals surface area (Å²) in [6.07, 6.45) is 1.69. The predicted octanol–water partition coefficient (Wildman–Crippen LogP) is 3.40. The normalized spacial score (nSPS) is 18.7. The van der Waals surface area contributed by atoms with Gasteiger partial charge in [0.05, 0.1) is 11.5 Å². The van der Waals surface area contributed by atoms with Crippen molar-refractivity contribution in [1.29, 1.82) is 0 Å². The molecular formula is C22H25N3O5. The van der Waals surface area contributed by atoms with Crippen molar-refractivity contribution in [2.45, 2.75) is 25.9 Å². The van der Waals surface area contributed by atoms with E-state index in [0.717, 1.165) is 25.9 Å². The molecule has 1 saturated heterocycles. The number of para-hydroxylation sites is 2. The first-order valence-electron chi connectivity index (χ1n) is 10.2. The first kappa shape index (κ1) is 20.0. The fourth-order valence-electron chi connectivity index (χ4n) is 3.80. The molecule has 2 aliphatic rings. The quantitative estimate of drug-likeness (QED) is 0.599. The average molecular weight is 411 g/mol. The van der Waals surface area contributed by atoms with Crippen molar-refractivity contribution < 1.29 is 19.2 Å². The van der Waals surface area contributed by atoms with Gasteiger partial charge in [-0.2, -0.15) is 0 Å². The highest BCUT2D eigenvalue weighted by atomic mass is 16.6. The summed E-state index contributed by atoms with van der Waals surface area (Å²) in [5, 5.41) is 14.4. The minimum atomic E-state index is -0.417. The Morgan fingerprint density at radius 2 is 1.93 bits per heavy atom. The molecule has 1 atom stereocenters. The molecule has 8 heteroatoms. The summed E-state index contributed by atoms with van der Waals surface area (Å²) in [5.74, 6) is 1.57. The molecule has 30 heavy (non-hydrogen) atoms. The molecule has 2 aromatic carbocycles. The molecule has 0 spiro atoms. The highest BCUT2D eigenvalue weighted by molar-refractivity contribution is 5.95. The zero-order valence-corrected chi connectivity index (χ0v) is 16.9. The summed E-state index contributed by atoms with van der Waals surface area (Å²) in [7, 11) is 0. The monoisotopic (exact) mass is 411 g/mol. The number of piperidine rings is 1. The molecular weight excluding hydrogens is 386 g/mol. The van der Waals surface area contributed by atoms with Gasteiger partial charge in [0, 0.05) is 24.7 Å². The Morgan fingerprint density at radius 3 is 2.67 bits per heavy atom. The zero-order chi connectivity index (χ0) is 21.1. The molecule has 2 aromatic rings. The van der Waals surface area contributed by atoms with Gasteiger partial charge >= 0.3 is 0 Å². The SMILES string of the molecule is CC1CCN(c2ccc(C(=O)NC[C@@H]3COc4ccccc4O3)cc2[N+](=O)[O-])CC1. The topological polar surface area (TPSA) is 93.9 Å². The number of nitrogens with one attached hydrogen (secondary N) is 1. The summed E-state index contributed by atoms with van der Waals surface area (Å²) in [5.41, 5.74) is 0.792. The second-order valence-electron chi connectivity index (χ2n) is 7.84. The number of benzene rings is 2. The van der Waals surface area contributed by atoms with Crippen molar-refractivity contribution in [3.05, 3.63) is 58.1 Å². The second-order valence-corrected chi connectivity index (χ2v) is 7.84. The van der Waals surface area contributed by atoms with E-state index in [4.69, 9.17) is 9.47 Å². The lowest BCUT2D eigenvalue weighted by atomic mass is 9.98. The Bertz CT molecular complexity index is 940. The van der Waals surface area contributed by atoms with Crippen LogP contribution in [0.3, 0.4) is 0 Å². The minimum absolute atomic E-state index is 0.0385. The van der Waals surface area contributed by atoms with E-state index in [0.29, 0.717) is 29.7 Å². The molecule has 158 valence electrons. The molecule has 1 amide bonds. The van der Waals surface area contributed by atoms with Gasteiger partial charge < -0.3 is 19.7 Å². The van der Waals surface area contributed by atoms with Crippen LogP contribution in [-0.4, -0.2) is 43.2 Å². The molecule has 1 N–H and O–H groups in total. The minimum Gasteiger partial charge on any atom is -0.486 e. The Hall–Kier alpha value is -3.29. The van der Waals surface area contributed by atoms with Crippen molar-refractivity contribution in [1.82, 2.24) is 5.32 Å². The average Bonchev–Trinajstić information content (AvgIpc) is 2.77. The maximum Gasteiger partial charge on any atom is 0.293 e. The van der Waals surface area contributed by atoms with Crippen molar-refractivity contribution in [2.24, 2.45) is 5.92 Å². The summed E-state index contributed by atoms with van der Waals surface area (Å²) >= 11 is 0. The van der Waals surface area contributed by atoms with Gasteiger partial charge in [0.2, 0.25) is 0 Å². The molecule has 4 rings (SSSR count). The van der Waals surface area contributed by atoms with E-state index < -0.39 is 4.92 Å².